The summed E-state index contributed by atoms with van der Waals surface area (Å²) in [5.74, 6) is 3.32. The SMILES string of the molecule is C=C[C@]1(O)CC[C@H]2[C@@H]3CC[C@H]4CC=CC[C@]4(C)[C@H]3CC[C@@]21C. The van der Waals surface area contributed by atoms with Crippen LogP contribution in [0.4, 0.5) is 0 Å². The first-order chi connectivity index (χ1) is 10.4. The summed E-state index contributed by atoms with van der Waals surface area (Å²) >= 11 is 0. The van der Waals surface area contributed by atoms with Gasteiger partial charge in [-0.3, -0.25) is 0 Å². The molecule has 1 heteroatoms. The van der Waals surface area contributed by atoms with Gasteiger partial charge in [-0.15, -0.1) is 6.58 Å². The second kappa shape index (κ2) is 4.72. The Morgan fingerprint density at radius 2 is 1.82 bits per heavy atom. The van der Waals surface area contributed by atoms with Crippen molar-refractivity contribution in [3.63, 3.8) is 0 Å². The normalized spacial score (nSPS) is 56.9. The molecule has 0 unspecified atom stereocenters. The van der Waals surface area contributed by atoms with E-state index in [1.54, 1.807) is 0 Å². The van der Waals surface area contributed by atoms with E-state index in [1.165, 1.54) is 44.9 Å². The topological polar surface area (TPSA) is 20.2 Å². The van der Waals surface area contributed by atoms with Crippen LogP contribution in [0, 0.1) is 34.5 Å². The van der Waals surface area contributed by atoms with Crippen LogP contribution in [-0.4, -0.2) is 10.7 Å². The van der Waals surface area contributed by atoms with Crippen LogP contribution in [0.25, 0.3) is 0 Å². The summed E-state index contributed by atoms with van der Waals surface area (Å²) < 4.78 is 0. The fraction of sp³-hybridized carbons (Fsp3) is 0.810. The minimum Gasteiger partial charge on any atom is -0.385 e. The number of rotatable bonds is 1. The number of hydrogen-bond donors (Lipinski definition) is 1. The van der Waals surface area contributed by atoms with E-state index >= 15 is 0 Å². The van der Waals surface area contributed by atoms with Crippen LogP contribution < -0.4 is 0 Å². The Labute approximate surface area is 135 Å². The van der Waals surface area contributed by atoms with Gasteiger partial charge in [0.05, 0.1) is 5.60 Å². The van der Waals surface area contributed by atoms with Crippen molar-refractivity contribution in [2.24, 2.45) is 34.5 Å². The first kappa shape index (κ1) is 15.0. The highest BCUT2D eigenvalue weighted by Crippen LogP contribution is 2.67. The Morgan fingerprint density at radius 1 is 1.05 bits per heavy atom. The van der Waals surface area contributed by atoms with Gasteiger partial charge in [-0.05, 0) is 80.5 Å². The Bertz CT molecular complexity index is 506. The van der Waals surface area contributed by atoms with Gasteiger partial charge in [-0.25, -0.2) is 0 Å². The molecule has 4 aliphatic carbocycles. The first-order valence-electron chi connectivity index (χ1n) is 9.45. The van der Waals surface area contributed by atoms with Gasteiger partial charge in [0, 0.05) is 5.41 Å². The van der Waals surface area contributed by atoms with Crippen LogP contribution in [0.1, 0.15) is 65.2 Å². The Morgan fingerprint density at radius 3 is 2.59 bits per heavy atom. The van der Waals surface area contributed by atoms with Crippen molar-refractivity contribution in [2.75, 3.05) is 0 Å². The number of allylic oxidation sites excluding steroid dienone is 2. The fourth-order valence-electron chi connectivity index (χ4n) is 7.22. The zero-order valence-electron chi connectivity index (χ0n) is 14.4. The van der Waals surface area contributed by atoms with E-state index in [-0.39, 0.29) is 5.41 Å². The van der Waals surface area contributed by atoms with Gasteiger partial charge in [0.15, 0.2) is 0 Å². The lowest BCUT2D eigenvalue weighted by Crippen LogP contribution is -2.55. The van der Waals surface area contributed by atoms with E-state index in [2.05, 4.69) is 32.6 Å². The number of fused-ring (bicyclic) bond motifs is 5. The fourth-order valence-corrected chi connectivity index (χ4v) is 7.22. The van der Waals surface area contributed by atoms with Gasteiger partial charge < -0.3 is 5.11 Å². The molecule has 0 aliphatic heterocycles. The molecule has 0 aromatic heterocycles. The van der Waals surface area contributed by atoms with Crippen molar-refractivity contribution < 1.29 is 5.11 Å². The lowest BCUT2D eigenvalue weighted by molar-refractivity contribution is -0.128. The van der Waals surface area contributed by atoms with Crippen molar-refractivity contribution in [3.05, 3.63) is 24.8 Å². The van der Waals surface area contributed by atoms with Crippen molar-refractivity contribution >= 4 is 0 Å². The number of aliphatic hydroxyl groups is 1. The molecule has 22 heavy (non-hydrogen) atoms. The predicted octanol–water partition coefficient (Wildman–Crippen LogP) is 5.11. The predicted molar refractivity (Wildman–Crippen MR) is 91.4 cm³/mol. The molecule has 7 atom stereocenters. The summed E-state index contributed by atoms with van der Waals surface area (Å²) in [5.41, 5.74) is -0.0235. The molecular formula is C21H32O. The largest absolute Gasteiger partial charge is 0.385 e. The summed E-state index contributed by atoms with van der Waals surface area (Å²) in [6.07, 6.45) is 16.8. The molecule has 4 rings (SSSR count). The summed E-state index contributed by atoms with van der Waals surface area (Å²) in [5, 5.41) is 11.1. The van der Waals surface area contributed by atoms with Crippen molar-refractivity contribution in [2.45, 2.75) is 70.8 Å². The van der Waals surface area contributed by atoms with Gasteiger partial charge in [0.2, 0.25) is 0 Å². The quantitative estimate of drug-likeness (QED) is 0.667. The van der Waals surface area contributed by atoms with Gasteiger partial charge >= 0.3 is 0 Å². The maximum atomic E-state index is 11.1. The van der Waals surface area contributed by atoms with E-state index in [0.29, 0.717) is 11.3 Å². The minimum atomic E-state index is -0.618. The maximum Gasteiger partial charge on any atom is 0.0881 e. The van der Waals surface area contributed by atoms with Crippen molar-refractivity contribution in [3.8, 4) is 0 Å². The molecule has 0 heterocycles. The summed E-state index contributed by atoms with van der Waals surface area (Å²) in [6, 6.07) is 0. The monoisotopic (exact) mass is 300 g/mol. The smallest absolute Gasteiger partial charge is 0.0881 e. The third kappa shape index (κ3) is 1.70. The van der Waals surface area contributed by atoms with E-state index in [1.807, 2.05) is 6.08 Å². The first-order valence-corrected chi connectivity index (χ1v) is 9.45. The van der Waals surface area contributed by atoms with E-state index in [4.69, 9.17) is 0 Å². The average molecular weight is 300 g/mol. The summed E-state index contributed by atoms with van der Waals surface area (Å²) in [4.78, 5) is 0. The second-order valence-corrected chi connectivity index (χ2v) is 9.19. The molecule has 3 saturated carbocycles. The highest BCUT2D eigenvalue weighted by molar-refractivity contribution is 5.19. The van der Waals surface area contributed by atoms with Crippen molar-refractivity contribution in [1.82, 2.24) is 0 Å². The molecule has 3 fully saturated rings. The molecule has 0 radical (unpaired) electrons. The molecule has 0 saturated heterocycles. The van der Waals surface area contributed by atoms with Crippen LogP contribution in [0.3, 0.4) is 0 Å². The molecule has 0 aromatic carbocycles. The van der Waals surface area contributed by atoms with Gasteiger partial charge in [0.25, 0.3) is 0 Å². The second-order valence-electron chi connectivity index (χ2n) is 9.19. The van der Waals surface area contributed by atoms with E-state index < -0.39 is 5.60 Å². The van der Waals surface area contributed by atoms with E-state index in [0.717, 1.165) is 24.2 Å². The van der Waals surface area contributed by atoms with Crippen LogP contribution in [0.2, 0.25) is 0 Å². The van der Waals surface area contributed by atoms with Gasteiger partial charge in [-0.1, -0.05) is 32.1 Å². The molecule has 1 nitrogen and oxygen atoms in total. The molecule has 4 aliphatic rings. The van der Waals surface area contributed by atoms with Crippen molar-refractivity contribution in [1.29, 1.82) is 0 Å². The van der Waals surface area contributed by atoms with Gasteiger partial charge in [0.1, 0.15) is 0 Å². The lowest BCUT2D eigenvalue weighted by atomic mass is 9.45. The van der Waals surface area contributed by atoms with Crippen LogP contribution in [0.15, 0.2) is 24.8 Å². The Hall–Kier alpha value is -0.560. The minimum absolute atomic E-state index is 0.0730. The summed E-state index contributed by atoms with van der Waals surface area (Å²) in [7, 11) is 0. The standard InChI is InChI=1S/C21H32O/c1-4-21(22)14-11-18-16-9-8-15-7-5-6-12-19(15,2)17(16)10-13-20(18,21)3/h4-6,15-18,22H,1,7-14H2,2-3H3/t15-,16-,17+,18+,19+,20+,21+/m1/s1. The van der Waals surface area contributed by atoms with E-state index in [9.17, 15) is 5.11 Å². The highest BCUT2D eigenvalue weighted by Gasteiger charge is 2.63. The van der Waals surface area contributed by atoms with Crippen LogP contribution in [0.5, 0.6) is 0 Å². The van der Waals surface area contributed by atoms with Gasteiger partial charge in [-0.2, -0.15) is 0 Å². The zero-order valence-corrected chi connectivity index (χ0v) is 14.4. The molecule has 0 bridgehead atoms. The molecule has 0 amide bonds. The van der Waals surface area contributed by atoms with Crippen LogP contribution in [-0.2, 0) is 0 Å². The highest BCUT2D eigenvalue weighted by atomic mass is 16.3. The zero-order chi connectivity index (χ0) is 15.6. The molecular weight excluding hydrogens is 268 g/mol. The van der Waals surface area contributed by atoms with Crippen LogP contribution >= 0.6 is 0 Å². The molecule has 1 N–H and O–H groups in total. The Kier molecular flexibility index (Phi) is 3.22. The third-order valence-corrected chi connectivity index (χ3v) is 8.76. The molecule has 0 spiro atoms. The summed E-state index contributed by atoms with van der Waals surface area (Å²) in [6.45, 7) is 8.91. The maximum absolute atomic E-state index is 11.1. The average Bonchev–Trinajstić information content (AvgIpc) is 2.79. The third-order valence-electron chi connectivity index (χ3n) is 8.76. The molecule has 0 aromatic rings. The molecule has 122 valence electrons. The lowest BCUT2D eigenvalue weighted by Gasteiger charge is -2.60. The number of hydrogen-bond acceptors (Lipinski definition) is 1. The Balaban J connectivity index is 1.68.